The average molecular weight is 232 g/mol. The summed E-state index contributed by atoms with van der Waals surface area (Å²) in [7, 11) is 3.07. The first-order chi connectivity index (χ1) is 8.26. The Kier molecular flexibility index (Phi) is 3.09. The number of methoxy groups -OCH3 is 2. The fourth-order valence-electron chi connectivity index (χ4n) is 1.50. The average Bonchev–Trinajstić information content (AvgIpc) is 2.90. The number of hydrogen-bond acceptors (Lipinski definition) is 4. The lowest BCUT2D eigenvalue weighted by atomic mass is 10.1. The van der Waals surface area contributed by atoms with Gasteiger partial charge in [-0.1, -0.05) is 0 Å². The number of carbonyl (C=O) groups is 1. The highest BCUT2D eigenvalue weighted by molar-refractivity contribution is 6.06. The third-order valence-corrected chi connectivity index (χ3v) is 2.36. The van der Waals surface area contributed by atoms with Gasteiger partial charge in [-0.05, 0) is 18.2 Å². The van der Waals surface area contributed by atoms with Gasteiger partial charge in [0.15, 0.2) is 17.3 Å². The van der Waals surface area contributed by atoms with Crippen molar-refractivity contribution < 1.29 is 14.3 Å². The van der Waals surface area contributed by atoms with Crippen LogP contribution >= 0.6 is 0 Å². The van der Waals surface area contributed by atoms with Gasteiger partial charge in [-0.15, -0.1) is 0 Å². The maximum Gasteiger partial charge on any atom is 0.228 e. The van der Waals surface area contributed by atoms with Crippen LogP contribution in [0.5, 0.6) is 11.5 Å². The van der Waals surface area contributed by atoms with Crippen LogP contribution in [0.3, 0.4) is 0 Å². The monoisotopic (exact) mass is 232 g/mol. The summed E-state index contributed by atoms with van der Waals surface area (Å²) in [6.07, 6.45) is 3.14. The molecule has 1 aromatic carbocycles. The standard InChI is InChI=1S/C12H12N2O3/c1-16-9-4-3-8(7-10(9)17-2)11(15)12-13-5-6-14-12/h3-7H,1-2H3,(H,13,14). The van der Waals surface area contributed by atoms with E-state index < -0.39 is 0 Å². The summed E-state index contributed by atoms with van der Waals surface area (Å²) in [5, 5.41) is 0. The molecule has 0 atom stereocenters. The van der Waals surface area contributed by atoms with Crippen molar-refractivity contribution in [3.8, 4) is 11.5 Å². The summed E-state index contributed by atoms with van der Waals surface area (Å²) in [6.45, 7) is 0. The number of benzene rings is 1. The molecule has 0 bridgehead atoms. The Morgan fingerprint density at radius 3 is 2.59 bits per heavy atom. The summed E-state index contributed by atoms with van der Waals surface area (Å²) in [5.41, 5.74) is 0.498. The minimum atomic E-state index is -0.184. The van der Waals surface area contributed by atoms with Gasteiger partial charge in [-0.2, -0.15) is 0 Å². The topological polar surface area (TPSA) is 64.2 Å². The second-order valence-electron chi connectivity index (χ2n) is 3.34. The summed E-state index contributed by atoms with van der Waals surface area (Å²) in [6, 6.07) is 4.99. The quantitative estimate of drug-likeness (QED) is 0.814. The van der Waals surface area contributed by atoms with E-state index in [-0.39, 0.29) is 5.78 Å². The maximum atomic E-state index is 12.0. The highest BCUT2D eigenvalue weighted by Crippen LogP contribution is 2.28. The number of aromatic amines is 1. The molecule has 17 heavy (non-hydrogen) atoms. The highest BCUT2D eigenvalue weighted by atomic mass is 16.5. The Hall–Kier alpha value is -2.30. The van der Waals surface area contributed by atoms with Gasteiger partial charge >= 0.3 is 0 Å². The zero-order valence-electron chi connectivity index (χ0n) is 9.56. The van der Waals surface area contributed by atoms with E-state index in [0.29, 0.717) is 22.9 Å². The predicted molar refractivity (Wildman–Crippen MR) is 61.6 cm³/mol. The predicted octanol–water partition coefficient (Wildman–Crippen LogP) is 1.66. The number of ether oxygens (including phenoxy) is 2. The van der Waals surface area contributed by atoms with E-state index in [1.165, 1.54) is 13.3 Å². The van der Waals surface area contributed by atoms with E-state index in [1.54, 1.807) is 31.5 Å². The third kappa shape index (κ3) is 2.13. The van der Waals surface area contributed by atoms with E-state index in [1.807, 2.05) is 0 Å². The Bertz CT molecular complexity index is 521. The molecule has 2 rings (SSSR count). The molecular weight excluding hydrogens is 220 g/mol. The molecule has 1 heterocycles. The largest absolute Gasteiger partial charge is 0.493 e. The highest BCUT2D eigenvalue weighted by Gasteiger charge is 2.14. The molecule has 5 nitrogen and oxygen atoms in total. The molecule has 0 aliphatic carbocycles. The zero-order chi connectivity index (χ0) is 12.3. The zero-order valence-corrected chi connectivity index (χ0v) is 9.56. The van der Waals surface area contributed by atoms with Gasteiger partial charge < -0.3 is 14.5 Å². The minimum Gasteiger partial charge on any atom is -0.493 e. The summed E-state index contributed by atoms with van der Waals surface area (Å²) in [5.74, 6) is 1.22. The van der Waals surface area contributed by atoms with Crippen molar-refractivity contribution in [2.45, 2.75) is 0 Å². The summed E-state index contributed by atoms with van der Waals surface area (Å²) < 4.78 is 10.2. The number of ketones is 1. The van der Waals surface area contributed by atoms with Gasteiger partial charge in [0, 0.05) is 18.0 Å². The number of aromatic nitrogens is 2. The van der Waals surface area contributed by atoms with Crippen molar-refractivity contribution in [2.24, 2.45) is 0 Å². The van der Waals surface area contributed by atoms with Crippen molar-refractivity contribution >= 4 is 5.78 Å². The van der Waals surface area contributed by atoms with Crippen LogP contribution in [0.4, 0.5) is 0 Å². The van der Waals surface area contributed by atoms with Crippen LogP contribution in [-0.4, -0.2) is 30.0 Å². The number of imidazole rings is 1. The molecule has 1 aromatic heterocycles. The Morgan fingerprint density at radius 2 is 2.00 bits per heavy atom. The molecular formula is C12H12N2O3. The number of nitrogens with zero attached hydrogens (tertiary/aromatic N) is 1. The lowest BCUT2D eigenvalue weighted by Gasteiger charge is -2.08. The maximum absolute atomic E-state index is 12.0. The molecule has 0 unspecified atom stereocenters. The fraction of sp³-hybridized carbons (Fsp3) is 0.167. The summed E-state index contributed by atoms with van der Waals surface area (Å²) >= 11 is 0. The number of hydrogen-bond donors (Lipinski definition) is 1. The van der Waals surface area contributed by atoms with Gasteiger partial charge in [0.05, 0.1) is 14.2 Å². The molecule has 0 fully saturated rings. The minimum absolute atomic E-state index is 0.184. The van der Waals surface area contributed by atoms with E-state index in [4.69, 9.17) is 9.47 Å². The van der Waals surface area contributed by atoms with Crippen LogP contribution < -0.4 is 9.47 Å². The van der Waals surface area contributed by atoms with E-state index in [2.05, 4.69) is 9.97 Å². The Morgan fingerprint density at radius 1 is 1.24 bits per heavy atom. The molecule has 0 aliphatic rings. The van der Waals surface area contributed by atoms with Crippen molar-refractivity contribution in [2.75, 3.05) is 14.2 Å². The number of rotatable bonds is 4. The smallest absolute Gasteiger partial charge is 0.228 e. The van der Waals surface area contributed by atoms with Gasteiger partial charge in [-0.3, -0.25) is 4.79 Å². The van der Waals surface area contributed by atoms with E-state index >= 15 is 0 Å². The first-order valence-corrected chi connectivity index (χ1v) is 5.02. The lowest BCUT2D eigenvalue weighted by molar-refractivity contribution is 0.103. The van der Waals surface area contributed by atoms with E-state index in [9.17, 15) is 4.79 Å². The molecule has 5 heteroatoms. The van der Waals surface area contributed by atoms with Crippen LogP contribution in [0.25, 0.3) is 0 Å². The molecule has 0 spiro atoms. The number of nitrogens with one attached hydrogen (secondary N) is 1. The van der Waals surface area contributed by atoms with E-state index in [0.717, 1.165) is 0 Å². The summed E-state index contributed by atoms with van der Waals surface area (Å²) in [4.78, 5) is 18.7. The number of carbonyl (C=O) groups excluding carboxylic acids is 1. The van der Waals surface area contributed by atoms with Crippen LogP contribution in [0.15, 0.2) is 30.6 Å². The second-order valence-corrected chi connectivity index (χ2v) is 3.34. The molecule has 1 N–H and O–H groups in total. The first kappa shape index (κ1) is 11.2. The molecule has 2 aromatic rings. The SMILES string of the molecule is COc1ccc(C(=O)c2ncc[nH]2)cc1OC. The second kappa shape index (κ2) is 4.69. The molecule has 0 saturated heterocycles. The normalized spacial score (nSPS) is 10.0. The van der Waals surface area contributed by atoms with Crippen molar-refractivity contribution in [3.63, 3.8) is 0 Å². The van der Waals surface area contributed by atoms with Gasteiger partial charge in [0.2, 0.25) is 5.78 Å². The Labute approximate surface area is 98.4 Å². The lowest BCUT2D eigenvalue weighted by Crippen LogP contribution is -2.04. The molecule has 0 amide bonds. The van der Waals surface area contributed by atoms with Crippen LogP contribution in [0.2, 0.25) is 0 Å². The van der Waals surface area contributed by atoms with Crippen molar-refractivity contribution in [1.82, 2.24) is 9.97 Å². The third-order valence-electron chi connectivity index (χ3n) is 2.36. The molecule has 0 aliphatic heterocycles. The van der Waals surface area contributed by atoms with Crippen molar-refractivity contribution in [1.29, 1.82) is 0 Å². The van der Waals surface area contributed by atoms with Crippen LogP contribution in [0.1, 0.15) is 16.2 Å². The molecule has 0 saturated carbocycles. The van der Waals surface area contributed by atoms with Gasteiger partial charge in [0.25, 0.3) is 0 Å². The first-order valence-electron chi connectivity index (χ1n) is 5.02. The van der Waals surface area contributed by atoms with Gasteiger partial charge in [0.1, 0.15) is 0 Å². The van der Waals surface area contributed by atoms with Crippen molar-refractivity contribution in [3.05, 3.63) is 42.0 Å². The fourth-order valence-corrected chi connectivity index (χ4v) is 1.50. The van der Waals surface area contributed by atoms with Crippen LogP contribution in [-0.2, 0) is 0 Å². The number of H-pyrrole nitrogens is 1. The molecule has 0 radical (unpaired) electrons. The van der Waals surface area contributed by atoms with Gasteiger partial charge in [-0.25, -0.2) is 4.98 Å². The molecule has 88 valence electrons. The van der Waals surface area contributed by atoms with Crippen LogP contribution in [0, 0.1) is 0 Å². The Balaban J connectivity index is 2.37.